The smallest absolute Gasteiger partial charge is 0.222 e. The Balaban J connectivity index is 2.27. The lowest BCUT2D eigenvalue weighted by atomic mass is 9.92. The van der Waals surface area contributed by atoms with Gasteiger partial charge in [0.25, 0.3) is 0 Å². The molecule has 1 aliphatic rings. The third-order valence-corrected chi connectivity index (χ3v) is 3.98. The first-order valence-electron chi connectivity index (χ1n) is 6.80. The lowest BCUT2D eigenvalue weighted by Gasteiger charge is -2.38. The summed E-state index contributed by atoms with van der Waals surface area (Å²) in [6.45, 7) is 4.05. The SMILES string of the molecule is CC(=O)c1ccc(N2CC(C(N)=O)CCC2C)cc1O. The minimum absolute atomic E-state index is 0.0246. The molecule has 0 radical (unpaired) electrons. The Morgan fingerprint density at radius 3 is 2.60 bits per heavy atom. The van der Waals surface area contributed by atoms with Crippen molar-refractivity contribution in [3.63, 3.8) is 0 Å². The average Bonchev–Trinajstić information content (AvgIpc) is 2.38. The fraction of sp³-hybridized carbons (Fsp3) is 0.467. The quantitative estimate of drug-likeness (QED) is 0.823. The molecule has 1 saturated heterocycles. The van der Waals surface area contributed by atoms with Crippen molar-refractivity contribution in [2.24, 2.45) is 11.7 Å². The van der Waals surface area contributed by atoms with Gasteiger partial charge in [-0.1, -0.05) is 0 Å². The zero-order valence-electron chi connectivity index (χ0n) is 11.8. The van der Waals surface area contributed by atoms with Crippen molar-refractivity contribution in [1.29, 1.82) is 0 Å². The van der Waals surface area contributed by atoms with E-state index in [2.05, 4.69) is 11.8 Å². The second-order valence-corrected chi connectivity index (χ2v) is 5.44. The lowest BCUT2D eigenvalue weighted by Crippen LogP contribution is -2.45. The topological polar surface area (TPSA) is 83.6 Å². The Morgan fingerprint density at radius 2 is 2.05 bits per heavy atom. The van der Waals surface area contributed by atoms with Crippen LogP contribution in [-0.4, -0.2) is 29.4 Å². The fourth-order valence-electron chi connectivity index (χ4n) is 2.70. The van der Waals surface area contributed by atoms with Crippen molar-refractivity contribution < 1.29 is 14.7 Å². The van der Waals surface area contributed by atoms with Crippen LogP contribution in [0.2, 0.25) is 0 Å². The van der Waals surface area contributed by atoms with Crippen LogP contribution in [0.4, 0.5) is 5.69 Å². The molecule has 0 aromatic heterocycles. The van der Waals surface area contributed by atoms with Gasteiger partial charge in [-0.3, -0.25) is 9.59 Å². The first-order chi connectivity index (χ1) is 9.40. The molecule has 1 heterocycles. The standard InChI is InChI=1S/C15H20N2O3/c1-9-3-4-11(15(16)20)8-17(9)12-5-6-13(10(2)18)14(19)7-12/h5-7,9,11,19H,3-4,8H2,1-2H3,(H2,16,20). The van der Waals surface area contributed by atoms with Crippen LogP contribution in [0.3, 0.4) is 0 Å². The molecular formula is C15H20N2O3. The predicted octanol–water partition coefficient (Wildman–Crippen LogP) is 1.68. The third kappa shape index (κ3) is 2.76. The molecule has 0 bridgehead atoms. The van der Waals surface area contributed by atoms with Gasteiger partial charge in [0.1, 0.15) is 5.75 Å². The van der Waals surface area contributed by atoms with Crippen LogP contribution in [-0.2, 0) is 4.79 Å². The van der Waals surface area contributed by atoms with Crippen molar-refractivity contribution in [2.45, 2.75) is 32.7 Å². The molecule has 2 rings (SSSR count). The summed E-state index contributed by atoms with van der Waals surface area (Å²) in [6.07, 6.45) is 1.67. The molecule has 2 atom stereocenters. The maximum absolute atomic E-state index is 11.3. The Hall–Kier alpha value is -2.04. The molecule has 0 saturated carbocycles. The molecule has 1 amide bonds. The second-order valence-electron chi connectivity index (χ2n) is 5.44. The first-order valence-corrected chi connectivity index (χ1v) is 6.80. The van der Waals surface area contributed by atoms with Gasteiger partial charge in [0.15, 0.2) is 5.78 Å². The summed E-state index contributed by atoms with van der Waals surface area (Å²) in [5.74, 6) is -0.647. The number of anilines is 1. The van der Waals surface area contributed by atoms with Gasteiger partial charge in [-0.25, -0.2) is 0 Å². The number of ketones is 1. The number of phenolic OH excluding ortho intramolecular Hbond substituents is 1. The van der Waals surface area contributed by atoms with E-state index >= 15 is 0 Å². The number of hydrogen-bond donors (Lipinski definition) is 2. The number of benzene rings is 1. The molecular weight excluding hydrogens is 256 g/mol. The summed E-state index contributed by atoms with van der Waals surface area (Å²) in [5, 5.41) is 9.91. The number of carbonyl (C=O) groups excluding carboxylic acids is 2. The summed E-state index contributed by atoms with van der Waals surface area (Å²) < 4.78 is 0. The number of carbonyl (C=O) groups is 2. The van der Waals surface area contributed by atoms with Crippen LogP contribution in [0.15, 0.2) is 18.2 Å². The van der Waals surface area contributed by atoms with Crippen molar-refractivity contribution >= 4 is 17.4 Å². The largest absolute Gasteiger partial charge is 0.507 e. The lowest BCUT2D eigenvalue weighted by molar-refractivity contribution is -0.122. The van der Waals surface area contributed by atoms with E-state index < -0.39 is 0 Å². The van der Waals surface area contributed by atoms with Gasteiger partial charge in [-0.05, 0) is 38.8 Å². The third-order valence-electron chi connectivity index (χ3n) is 3.98. The van der Waals surface area contributed by atoms with Gasteiger partial charge >= 0.3 is 0 Å². The highest BCUT2D eigenvalue weighted by molar-refractivity contribution is 5.97. The molecule has 0 spiro atoms. The minimum atomic E-state index is -0.286. The molecule has 5 nitrogen and oxygen atoms in total. The van der Waals surface area contributed by atoms with E-state index in [0.29, 0.717) is 12.1 Å². The predicted molar refractivity (Wildman–Crippen MR) is 76.8 cm³/mol. The highest BCUT2D eigenvalue weighted by Crippen LogP contribution is 2.31. The van der Waals surface area contributed by atoms with Crippen LogP contribution in [0.5, 0.6) is 5.75 Å². The van der Waals surface area contributed by atoms with E-state index in [4.69, 9.17) is 5.73 Å². The zero-order valence-corrected chi connectivity index (χ0v) is 11.8. The van der Waals surface area contributed by atoms with Gasteiger partial charge < -0.3 is 15.7 Å². The molecule has 1 aliphatic heterocycles. The van der Waals surface area contributed by atoms with Crippen molar-refractivity contribution in [3.8, 4) is 5.75 Å². The second kappa shape index (κ2) is 5.53. The van der Waals surface area contributed by atoms with Crippen molar-refractivity contribution in [1.82, 2.24) is 0 Å². The summed E-state index contributed by atoms with van der Waals surface area (Å²) >= 11 is 0. The van der Waals surface area contributed by atoms with E-state index in [9.17, 15) is 14.7 Å². The minimum Gasteiger partial charge on any atom is -0.507 e. The van der Waals surface area contributed by atoms with E-state index in [1.807, 2.05) is 0 Å². The maximum atomic E-state index is 11.3. The molecule has 2 unspecified atom stereocenters. The van der Waals surface area contributed by atoms with Gasteiger partial charge in [-0.2, -0.15) is 0 Å². The molecule has 0 aliphatic carbocycles. The molecule has 108 valence electrons. The normalized spacial score (nSPS) is 22.6. The highest BCUT2D eigenvalue weighted by Gasteiger charge is 2.29. The Labute approximate surface area is 118 Å². The molecule has 1 aromatic rings. The highest BCUT2D eigenvalue weighted by atomic mass is 16.3. The molecule has 5 heteroatoms. The molecule has 3 N–H and O–H groups in total. The van der Waals surface area contributed by atoms with Crippen LogP contribution >= 0.6 is 0 Å². The number of rotatable bonds is 3. The number of nitrogens with two attached hydrogens (primary N) is 1. The van der Waals surface area contributed by atoms with Crippen LogP contribution in [0, 0.1) is 5.92 Å². The molecule has 1 fully saturated rings. The number of phenols is 1. The van der Waals surface area contributed by atoms with E-state index in [1.165, 1.54) is 6.92 Å². The number of hydrogen-bond acceptors (Lipinski definition) is 4. The van der Waals surface area contributed by atoms with Crippen LogP contribution < -0.4 is 10.6 Å². The fourth-order valence-corrected chi connectivity index (χ4v) is 2.70. The molecule has 20 heavy (non-hydrogen) atoms. The number of piperidine rings is 1. The van der Waals surface area contributed by atoms with Crippen LogP contribution in [0.25, 0.3) is 0 Å². The van der Waals surface area contributed by atoms with Gasteiger partial charge in [0.2, 0.25) is 5.91 Å². The number of primary amides is 1. The first kappa shape index (κ1) is 14.4. The Morgan fingerprint density at radius 1 is 1.35 bits per heavy atom. The summed E-state index contributed by atoms with van der Waals surface area (Å²) in [6, 6.07) is 5.27. The molecule has 1 aromatic carbocycles. The Kier molecular flexibility index (Phi) is 3.97. The van der Waals surface area contributed by atoms with Crippen molar-refractivity contribution in [2.75, 3.05) is 11.4 Å². The number of nitrogens with zero attached hydrogens (tertiary/aromatic N) is 1. The van der Waals surface area contributed by atoms with E-state index in [-0.39, 0.29) is 29.4 Å². The zero-order chi connectivity index (χ0) is 14.9. The summed E-state index contributed by atoms with van der Waals surface area (Å²) in [5.41, 5.74) is 6.51. The van der Waals surface area contributed by atoms with E-state index in [1.54, 1.807) is 18.2 Å². The number of amides is 1. The van der Waals surface area contributed by atoms with Gasteiger partial charge in [-0.15, -0.1) is 0 Å². The van der Waals surface area contributed by atoms with Crippen LogP contribution in [0.1, 0.15) is 37.0 Å². The van der Waals surface area contributed by atoms with Gasteiger partial charge in [0, 0.05) is 24.3 Å². The number of aromatic hydroxyl groups is 1. The Bertz CT molecular complexity index is 542. The maximum Gasteiger partial charge on any atom is 0.222 e. The summed E-state index contributed by atoms with van der Waals surface area (Å²) in [7, 11) is 0. The van der Waals surface area contributed by atoms with Gasteiger partial charge in [0.05, 0.1) is 11.5 Å². The number of Topliss-reactive ketones (excluding diaryl/α,β-unsaturated/α-hetero) is 1. The average molecular weight is 276 g/mol. The van der Waals surface area contributed by atoms with E-state index in [0.717, 1.165) is 18.5 Å². The summed E-state index contributed by atoms with van der Waals surface area (Å²) in [4.78, 5) is 24.7. The van der Waals surface area contributed by atoms with Crippen molar-refractivity contribution in [3.05, 3.63) is 23.8 Å². The monoisotopic (exact) mass is 276 g/mol.